The molecule has 0 radical (unpaired) electrons. The van der Waals surface area contributed by atoms with Crippen LogP contribution in [0.3, 0.4) is 0 Å². The summed E-state index contributed by atoms with van der Waals surface area (Å²) in [6.07, 6.45) is -0.702. The largest absolute Gasteiger partial charge is 0.448 e. The second-order valence-electron chi connectivity index (χ2n) is 9.65. The van der Waals surface area contributed by atoms with Gasteiger partial charge in [0.1, 0.15) is 23.7 Å². The number of aromatic nitrogens is 4. The maximum atomic E-state index is 14.1. The van der Waals surface area contributed by atoms with Crippen LogP contribution in [0.4, 0.5) is 0 Å². The van der Waals surface area contributed by atoms with Crippen molar-refractivity contribution >= 4 is 46.5 Å². The average molecular weight is 587 g/mol. The highest BCUT2D eigenvalue weighted by Crippen LogP contribution is 2.42. The number of benzene rings is 2. The van der Waals surface area contributed by atoms with E-state index < -0.39 is 18.1 Å². The maximum absolute atomic E-state index is 14.1. The number of methoxy groups -OCH3 is 1. The van der Waals surface area contributed by atoms with Crippen LogP contribution in [0.15, 0.2) is 78.0 Å². The number of β-lactam (4-membered cyclic amide) rings is 1. The first kappa shape index (κ1) is 27.2. The van der Waals surface area contributed by atoms with Crippen molar-refractivity contribution in [3.8, 4) is 0 Å². The van der Waals surface area contributed by atoms with Crippen LogP contribution in [0.25, 0.3) is 5.78 Å². The Labute approximate surface area is 245 Å². The molecule has 12 heteroatoms. The lowest BCUT2D eigenvalue weighted by molar-refractivity contribution is -0.153. The van der Waals surface area contributed by atoms with Crippen molar-refractivity contribution in [3.63, 3.8) is 0 Å². The summed E-state index contributed by atoms with van der Waals surface area (Å²) in [5.41, 5.74) is 9.50. The van der Waals surface area contributed by atoms with Crippen molar-refractivity contribution in [2.24, 2.45) is 5.73 Å². The minimum Gasteiger partial charge on any atom is -0.448 e. The molecule has 2 aromatic carbocycles. The van der Waals surface area contributed by atoms with Gasteiger partial charge in [-0.1, -0.05) is 72.9 Å². The molecule has 2 aliphatic rings. The molecular weight excluding hydrogens is 560 g/mol. The second-order valence-corrected chi connectivity index (χ2v) is 11.2. The SMILES string of the molecule is COCc1nc2nc(C)cc(C(=S)C3=C(C(=O)OC(c4ccccc4)c4ccccc4)N4C(=O)C(N)[C@@H]4SC3)n2n1. The van der Waals surface area contributed by atoms with Gasteiger partial charge in [0.2, 0.25) is 5.91 Å². The molecule has 0 bridgehead atoms. The number of thioether (sulfide) groups is 1. The lowest BCUT2D eigenvalue weighted by Crippen LogP contribution is -2.68. The Hall–Kier alpha value is -3.97. The summed E-state index contributed by atoms with van der Waals surface area (Å²) < 4.78 is 12.9. The van der Waals surface area contributed by atoms with Gasteiger partial charge in [-0.15, -0.1) is 16.9 Å². The molecule has 0 saturated carbocycles. The lowest BCUT2D eigenvalue weighted by Gasteiger charge is -2.48. The fourth-order valence-corrected chi connectivity index (χ4v) is 6.67. The molecule has 10 nitrogen and oxygen atoms in total. The van der Waals surface area contributed by atoms with Crippen molar-refractivity contribution < 1.29 is 19.1 Å². The molecule has 41 heavy (non-hydrogen) atoms. The highest BCUT2D eigenvalue weighted by molar-refractivity contribution is 8.00. The third-order valence-electron chi connectivity index (χ3n) is 6.90. The van der Waals surface area contributed by atoms with Crippen LogP contribution in [0.5, 0.6) is 0 Å². The van der Waals surface area contributed by atoms with Gasteiger partial charge in [-0.25, -0.2) is 9.78 Å². The maximum Gasteiger partial charge on any atom is 0.356 e. The van der Waals surface area contributed by atoms with Crippen molar-refractivity contribution in [1.82, 2.24) is 24.5 Å². The molecule has 4 aromatic rings. The van der Waals surface area contributed by atoms with Crippen molar-refractivity contribution in [3.05, 3.63) is 106 Å². The number of hydrogen-bond donors (Lipinski definition) is 1. The molecule has 1 saturated heterocycles. The predicted octanol–water partition coefficient (Wildman–Crippen LogP) is 3.13. The first-order chi connectivity index (χ1) is 19.9. The van der Waals surface area contributed by atoms with Gasteiger partial charge in [0.15, 0.2) is 11.9 Å². The number of thiocarbonyl (C=S) groups is 1. The summed E-state index contributed by atoms with van der Waals surface area (Å²) in [4.78, 5) is 37.8. The number of esters is 1. The van der Waals surface area contributed by atoms with Gasteiger partial charge in [-0.3, -0.25) is 9.69 Å². The summed E-state index contributed by atoms with van der Waals surface area (Å²) in [5, 5.41) is 4.13. The number of nitrogens with zero attached hydrogens (tertiary/aromatic N) is 5. The van der Waals surface area contributed by atoms with Gasteiger partial charge in [-0.2, -0.15) is 9.50 Å². The molecule has 0 aliphatic carbocycles. The van der Waals surface area contributed by atoms with Crippen LogP contribution in [0.2, 0.25) is 0 Å². The van der Waals surface area contributed by atoms with Crippen LogP contribution in [-0.2, 0) is 25.7 Å². The van der Waals surface area contributed by atoms with E-state index in [-0.39, 0.29) is 23.6 Å². The van der Waals surface area contributed by atoms with Gasteiger partial charge < -0.3 is 15.2 Å². The molecule has 4 heterocycles. The fourth-order valence-electron chi connectivity index (χ4n) is 4.96. The molecule has 2 atom stereocenters. The topological polar surface area (TPSA) is 125 Å². The standard InChI is InChI=1S/C29H26N6O4S2/c1-16-13-20(35-29(31-16)32-21(33-35)14-38-2)25(40)19-15-41-27-22(30)26(36)34(27)23(19)28(37)39-24(17-9-5-3-6-10-17)18-11-7-4-8-12-18/h3-13,22,24,27H,14-15,30H2,1-2H3/t22?,27-/m0/s1. The quantitative estimate of drug-likeness (QED) is 0.142. The Morgan fingerprint density at radius 2 is 1.78 bits per heavy atom. The smallest absolute Gasteiger partial charge is 0.356 e. The predicted molar refractivity (Wildman–Crippen MR) is 157 cm³/mol. The van der Waals surface area contributed by atoms with Gasteiger partial charge in [-0.05, 0) is 24.1 Å². The van der Waals surface area contributed by atoms with Crippen molar-refractivity contribution in [2.75, 3.05) is 12.9 Å². The van der Waals surface area contributed by atoms with Crippen LogP contribution in [-0.4, -0.2) is 65.5 Å². The number of aryl methyl sites for hydroxylation is 1. The Morgan fingerprint density at radius 3 is 2.41 bits per heavy atom. The first-order valence-electron chi connectivity index (χ1n) is 12.9. The zero-order valence-electron chi connectivity index (χ0n) is 22.3. The number of carbonyl (C=O) groups is 2. The van der Waals surface area contributed by atoms with Crippen LogP contribution >= 0.6 is 24.0 Å². The Balaban J connectivity index is 1.45. The summed E-state index contributed by atoms with van der Waals surface area (Å²) in [7, 11) is 1.56. The van der Waals surface area contributed by atoms with Crippen molar-refractivity contribution in [1.29, 1.82) is 0 Å². The number of hydrogen-bond acceptors (Lipinski definition) is 10. The van der Waals surface area contributed by atoms with Crippen LogP contribution in [0.1, 0.15) is 34.4 Å². The third kappa shape index (κ3) is 4.93. The zero-order chi connectivity index (χ0) is 28.7. The van der Waals surface area contributed by atoms with Crippen LogP contribution < -0.4 is 5.73 Å². The molecule has 6 rings (SSSR count). The molecule has 0 spiro atoms. The molecule has 208 valence electrons. The van der Waals surface area contributed by atoms with E-state index in [0.29, 0.717) is 39.2 Å². The van der Waals surface area contributed by atoms with Gasteiger partial charge in [0.25, 0.3) is 5.78 Å². The van der Waals surface area contributed by atoms with E-state index in [1.807, 2.05) is 67.6 Å². The van der Waals surface area contributed by atoms with E-state index >= 15 is 0 Å². The normalized spacial score (nSPS) is 18.4. The highest BCUT2D eigenvalue weighted by atomic mass is 32.2. The molecular formula is C29H26N6O4S2. The van der Waals surface area contributed by atoms with Gasteiger partial charge in [0, 0.05) is 24.1 Å². The number of nitrogens with two attached hydrogens (primary N) is 1. The molecule has 2 aliphatic heterocycles. The van der Waals surface area contributed by atoms with Gasteiger partial charge in [0.05, 0.1) is 10.6 Å². The molecule has 1 unspecified atom stereocenters. The van der Waals surface area contributed by atoms with E-state index in [1.165, 1.54) is 21.2 Å². The lowest BCUT2D eigenvalue weighted by atomic mass is 9.99. The van der Waals surface area contributed by atoms with E-state index in [2.05, 4.69) is 15.1 Å². The number of carbonyl (C=O) groups excluding carboxylic acids is 2. The molecule has 2 N–H and O–H groups in total. The van der Waals surface area contributed by atoms with E-state index in [1.54, 1.807) is 13.2 Å². The Morgan fingerprint density at radius 1 is 1.12 bits per heavy atom. The monoisotopic (exact) mass is 586 g/mol. The van der Waals surface area contributed by atoms with E-state index in [0.717, 1.165) is 11.1 Å². The zero-order valence-corrected chi connectivity index (χ0v) is 23.9. The fraction of sp³-hybridized carbons (Fsp3) is 0.241. The van der Waals surface area contributed by atoms with E-state index in [4.69, 9.17) is 27.4 Å². The second kappa shape index (κ2) is 11.1. The minimum absolute atomic E-state index is 0.0992. The summed E-state index contributed by atoms with van der Waals surface area (Å²) in [6, 6.07) is 20.0. The number of amides is 1. The van der Waals surface area contributed by atoms with E-state index in [9.17, 15) is 9.59 Å². The summed E-state index contributed by atoms with van der Waals surface area (Å²) in [6.45, 7) is 2.03. The molecule has 2 aromatic heterocycles. The van der Waals surface area contributed by atoms with Crippen LogP contribution in [0, 0.1) is 6.92 Å². The minimum atomic E-state index is -0.709. The Bertz CT molecular complexity index is 1650. The molecule has 1 amide bonds. The van der Waals surface area contributed by atoms with Gasteiger partial charge >= 0.3 is 5.97 Å². The Kier molecular flexibility index (Phi) is 7.39. The summed E-state index contributed by atoms with van der Waals surface area (Å²) in [5.74, 6) is 0.139. The number of rotatable bonds is 8. The summed E-state index contributed by atoms with van der Waals surface area (Å²) >= 11 is 7.44. The number of fused-ring (bicyclic) bond motifs is 2. The van der Waals surface area contributed by atoms with Crippen molar-refractivity contribution in [2.45, 2.75) is 31.1 Å². The molecule has 1 fully saturated rings. The first-order valence-corrected chi connectivity index (χ1v) is 14.3. The number of ether oxygens (including phenoxy) is 2. The third-order valence-corrected chi connectivity index (χ3v) is 8.65. The average Bonchev–Trinajstić information content (AvgIpc) is 3.41. The highest BCUT2D eigenvalue weighted by Gasteiger charge is 2.53.